The Labute approximate surface area is 121 Å². The van der Waals surface area contributed by atoms with Crippen molar-refractivity contribution >= 4 is 40.9 Å². The van der Waals surface area contributed by atoms with Gasteiger partial charge in [0.25, 0.3) is 0 Å². The molecule has 104 valence electrons. The lowest BCUT2D eigenvalue weighted by Gasteiger charge is -2.22. The summed E-state index contributed by atoms with van der Waals surface area (Å²) >= 11 is 12.0. The quantitative estimate of drug-likeness (QED) is 0.930. The van der Waals surface area contributed by atoms with Gasteiger partial charge in [0, 0.05) is 20.0 Å². The van der Waals surface area contributed by atoms with Gasteiger partial charge >= 0.3 is 6.09 Å². The van der Waals surface area contributed by atoms with E-state index in [9.17, 15) is 9.59 Å². The second-order valence-corrected chi connectivity index (χ2v) is 4.45. The first-order chi connectivity index (χ1) is 8.97. The van der Waals surface area contributed by atoms with Crippen LogP contribution in [0.4, 0.5) is 10.5 Å². The fraction of sp³-hybridized carbons (Fsp3) is 0.333. The van der Waals surface area contributed by atoms with E-state index in [0.717, 1.165) is 0 Å². The van der Waals surface area contributed by atoms with Crippen LogP contribution in [-0.2, 0) is 9.53 Å². The van der Waals surface area contributed by atoms with Gasteiger partial charge in [-0.3, -0.25) is 4.79 Å². The molecule has 7 heteroatoms. The summed E-state index contributed by atoms with van der Waals surface area (Å²) in [5, 5.41) is 3.16. The lowest BCUT2D eigenvalue weighted by Crippen LogP contribution is -2.37. The molecule has 0 aliphatic heterocycles. The number of anilines is 1. The van der Waals surface area contributed by atoms with Gasteiger partial charge in [-0.2, -0.15) is 0 Å². The van der Waals surface area contributed by atoms with Crippen LogP contribution in [0.5, 0.6) is 0 Å². The Morgan fingerprint density at radius 2 is 2.05 bits per heavy atom. The molecule has 0 saturated heterocycles. The molecule has 0 aromatic heterocycles. The van der Waals surface area contributed by atoms with Crippen LogP contribution in [0.25, 0.3) is 0 Å². The van der Waals surface area contributed by atoms with Gasteiger partial charge in [-0.15, -0.1) is 0 Å². The molecule has 0 fully saturated rings. The molecule has 0 aliphatic carbocycles. The molecule has 1 aromatic rings. The third-order valence-corrected chi connectivity index (χ3v) is 3.20. The number of amides is 2. The zero-order chi connectivity index (χ0) is 14.4. The number of nitrogens with one attached hydrogen (secondary N) is 1. The van der Waals surface area contributed by atoms with Crippen LogP contribution in [-0.4, -0.2) is 32.2 Å². The number of methoxy groups -OCH3 is 1. The SMILES string of the molecule is COC(=O)NCCN(C(C)=O)c1cccc(Cl)c1Cl. The average molecular weight is 305 g/mol. The van der Waals surface area contributed by atoms with Crippen molar-refractivity contribution in [2.45, 2.75) is 6.92 Å². The number of rotatable bonds is 4. The topological polar surface area (TPSA) is 58.6 Å². The summed E-state index contributed by atoms with van der Waals surface area (Å²) in [7, 11) is 1.27. The molecule has 0 unspecified atom stereocenters. The van der Waals surface area contributed by atoms with E-state index in [-0.39, 0.29) is 19.0 Å². The number of hydrogen-bond donors (Lipinski definition) is 1. The van der Waals surface area contributed by atoms with E-state index in [1.54, 1.807) is 18.2 Å². The first-order valence-corrected chi connectivity index (χ1v) is 6.27. The monoisotopic (exact) mass is 304 g/mol. The summed E-state index contributed by atoms with van der Waals surface area (Å²) < 4.78 is 4.44. The van der Waals surface area contributed by atoms with E-state index in [2.05, 4.69) is 10.1 Å². The van der Waals surface area contributed by atoms with Crippen molar-refractivity contribution in [1.82, 2.24) is 5.32 Å². The molecule has 1 aromatic carbocycles. The highest BCUT2D eigenvalue weighted by atomic mass is 35.5. The highest BCUT2D eigenvalue weighted by molar-refractivity contribution is 6.44. The van der Waals surface area contributed by atoms with Crippen molar-refractivity contribution in [2.75, 3.05) is 25.1 Å². The van der Waals surface area contributed by atoms with Crippen LogP contribution < -0.4 is 10.2 Å². The second kappa shape index (κ2) is 7.21. The number of halogens is 2. The normalized spacial score (nSPS) is 9.89. The highest BCUT2D eigenvalue weighted by Gasteiger charge is 2.16. The van der Waals surface area contributed by atoms with Crippen molar-refractivity contribution in [2.24, 2.45) is 0 Å². The first-order valence-electron chi connectivity index (χ1n) is 5.51. The molecule has 0 bridgehead atoms. The number of ether oxygens (including phenoxy) is 1. The zero-order valence-electron chi connectivity index (χ0n) is 10.6. The number of nitrogens with zero attached hydrogens (tertiary/aromatic N) is 1. The van der Waals surface area contributed by atoms with Gasteiger partial charge in [0.1, 0.15) is 0 Å². The highest BCUT2D eigenvalue weighted by Crippen LogP contribution is 2.32. The minimum Gasteiger partial charge on any atom is -0.453 e. The number of carbonyl (C=O) groups is 2. The third-order valence-electron chi connectivity index (χ3n) is 2.39. The molecular formula is C12H14Cl2N2O3. The van der Waals surface area contributed by atoms with Crippen molar-refractivity contribution in [1.29, 1.82) is 0 Å². The number of carbonyl (C=O) groups excluding carboxylic acids is 2. The largest absolute Gasteiger partial charge is 0.453 e. The number of alkyl carbamates (subject to hydrolysis) is 1. The molecule has 2 amide bonds. The minimum absolute atomic E-state index is 0.198. The first kappa shape index (κ1) is 15.6. The van der Waals surface area contributed by atoms with Crippen LogP contribution in [0.2, 0.25) is 10.0 Å². The minimum atomic E-state index is -0.555. The van der Waals surface area contributed by atoms with Gasteiger partial charge in [-0.1, -0.05) is 29.3 Å². The van der Waals surface area contributed by atoms with Crippen molar-refractivity contribution in [3.8, 4) is 0 Å². The fourth-order valence-electron chi connectivity index (χ4n) is 1.49. The van der Waals surface area contributed by atoms with Crippen molar-refractivity contribution in [3.63, 3.8) is 0 Å². The molecule has 0 atom stereocenters. The van der Waals surface area contributed by atoms with E-state index in [1.807, 2.05) is 0 Å². The fourth-order valence-corrected chi connectivity index (χ4v) is 1.89. The molecule has 0 saturated carbocycles. The van der Waals surface area contributed by atoms with Gasteiger partial charge in [-0.05, 0) is 12.1 Å². The van der Waals surface area contributed by atoms with Crippen molar-refractivity contribution < 1.29 is 14.3 Å². The van der Waals surface area contributed by atoms with E-state index >= 15 is 0 Å². The van der Waals surface area contributed by atoms with E-state index in [0.29, 0.717) is 15.7 Å². The Bertz CT molecular complexity index is 480. The standard InChI is InChI=1S/C12H14Cl2N2O3/c1-8(17)16(7-6-15-12(18)19-2)10-5-3-4-9(13)11(10)14/h3-5H,6-7H2,1-2H3,(H,15,18). The molecule has 0 radical (unpaired) electrons. The zero-order valence-corrected chi connectivity index (χ0v) is 12.1. The maximum Gasteiger partial charge on any atom is 0.406 e. The summed E-state index contributed by atoms with van der Waals surface area (Å²) in [4.78, 5) is 24.0. The summed E-state index contributed by atoms with van der Waals surface area (Å²) in [6.07, 6.45) is -0.555. The smallest absolute Gasteiger partial charge is 0.406 e. The molecule has 1 N–H and O–H groups in total. The van der Waals surface area contributed by atoms with Gasteiger partial charge in [-0.25, -0.2) is 4.79 Å². The Kier molecular flexibility index (Phi) is 5.92. The van der Waals surface area contributed by atoms with E-state index in [4.69, 9.17) is 23.2 Å². The summed E-state index contributed by atoms with van der Waals surface area (Å²) in [6, 6.07) is 5.03. The van der Waals surface area contributed by atoms with Gasteiger partial charge in [0.15, 0.2) is 0 Å². The van der Waals surface area contributed by atoms with Crippen LogP contribution in [0, 0.1) is 0 Å². The third kappa shape index (κ3) is 4.29. The Hall–Kier alpha value is -1.46. The maximum absolute atomic E-state index is 11.6. The van der Waals surface area contributed by atoms with Gasteiger partial charge in [0.2, 0.25) is 5.91 Å². The van der Waals surface area contributed by atoms with Gasteiger partial charge < -0.3 is 15.0 Å². The van der Waals surface area contributed by atoms with Crippen LogP contribution in [0.1, 0.15) is 6.92 Å². The summed E-state index contributed by atoms with van der Waals surface area (Å²) in [5.41, 5.74) is 0.508. The predicted octanol–water partition coefficient (Wildman–Crippen LogP) is 2.70. The Morgan fingerprint density at radius 3 is 2.63 bits per heavy atom. The molecule has 0 spiro atoms. The average Bonchev–Trinajstić information content (AvgIpc) is 2.38. The van der Waals surface area contributed by atoms with Crippen LogP contribution in [0.15, 0.2) is 18.2 Å². The lowest BCUT2D eigenvalue weighted by atomic mass is 10.2. The maximum atomic E-state index is 11.6. The second-order valence-electron chi connectivity index (χ2n) is 3.66. The van der Waals surface area contributed by atoms with E-state index in [1.165, 1.54) is 18.9 Å². The van der Waals surface area contributed by atoms with Crippen LogP contribution >= 0.6 is 23.2 Å². The molecule has 0 aliphatic rings. The molecule has 5 nitrogen and oxygen atoms in total. The molecule has 19 heavy (non-hydrogen) atoms. The Balaban J connectivity index is 2.81. The summed E-state index contributed by atoms with van der Waals surface area (Å²) in [5.74, 6) is -0.198. The number of hydrogen-bond acceptors (Lipinski definition) is 3. The molecular weight excluding hydrogens is 291 g/mol. The predicted molar refractivity (Wildman–Crippen MR) is 74.9 cm³/mol. The summed E-state index contributed by atoms with van der Waals surface area (Å²) in [6.45, 7) is 1.93. The van der Waals surface area contributed by atoms with Crippen LogP contribution in [0.3, 0.4) is 0 Å². The molecule has 0 heterocycles. The van der Waals surface area contributed by atoms with Crippen molar-refractivity contribution in [3.05, 3.63) is 28.2 Å². The number of benzene rings is 1. The Morgan fingerprint density at radius 1 is 1.37 bits per heavy atom. The molecule has 1 rings (SSSR count). The lowest BCUT2D eigenvalue weighted by molar-refractivity contribution is -0.116. The van der Waals surface area contributed by atoms with Gasteiger partial charge in [0.05, 0.1) is 22.8 Å². The van der Waals surface area contributed by atoms with E-state index < -0.39 is 6.09 Å².